The van der Waals surface area contributed by atoms with E-state index in [9.17, 15) is 40.9 Å². The molecule has 5 fully saturated rings. The van der Waals surface area contributed by atoms with Gasteiger partial charge in [-0.05, 0) is 98.2 Å². The topological polar surface area (TPSA) is 180 Å². The van der Waals surface area contributed by atoms with Gasteiger partial charge < -0.3 is 50.3 Å². The van der Waals surface area contributed by atoms with Crippen LogP contribution in [-0.2, 0) is 9.47 Å². The number of ether oxygens (including phenoxy) is 2. The van der Waals surface area contributed by atoms with Crippen molar-refractivity contribution >= 4 is 0 Å². The Morgan fingerprint density at radius 3 is 2.18 bits per heavy atom. The molecular formula is C35H60O10. The van der Waals surface area contributed by atoms with Crippen LogP contribution in [0.3, 0.4) is 0 Å². The van der Waals surface area contributed by atoms with Gasteiger partial charge in [0.15, 0.2) is 12.1 Å². The van der Waals surface area contributed by atoms with Gasteiger partial charge in [-0.25, -0.2) is 0 Å². The summed E-state index contributed by atoms with van der Waals surface area (Å²) in [6, 6.07) is 0. The van der Waals surface area contributed by atoms with Crippen LogP contribution in [0.4, 0.5) is 0 Å². The van der Waals surface area contributed by atoms with Gasteiger partial charge in [-0.15, -0.1) is 0 Å². The molecule has 0 amide bonds. The Morgan fingerprint density at radius 2 is 1.56 bits per heavy atom. The predicted molar refractivity (Wildman–Crippen MR) is 166 cm³/mol. The second-order valence-electron chi connectivity index (χ2n) is 17.0. The summed E-state index contributed by atoms with van der Waals surface area (Å²) in [5, 5.41) is 88.9. The fraction of sp³-hybridized carbons (Fsp3) is 0.943. The zero-order valence-corrected chi connectivity index (χ0v) is 28.3. The van der Waals surface area contributed by atoms with E-state index in [-0.39, 0.29) is 29.1 Å². The standard InChI is InChI=1S/C35H60O10/c1-18(2)9-8-12-35(43,45-30-28(42)27(41)26(40)22(17-36)44-30)19-10-14-33(6)25(19)20(37)15-23-32(5)13-11-24(39)31(3,4)29(32)21(38)16-34(23,33)7/h9,19-30,36-43H,8,10-17H2,1-7H3/t19-,20+,21?,22+,23+,24-,25-,26+,27-,28+,29-,30-,32+,33+,34+,35+/m0/s1. The molecule has 1 saturated heterocycles. The first-order valence-corrected chi connectivity index (χ1v) is 17.2. The summed E-state index contributed by atoms with van der Waals surface area (Å²) < 4.78 is 12.0. The average Bonchev–Trinajstić information content (AvgIpc) is 3.33. The number of hydrogen-bond donors (Lipinski definition) is 8. The molecule has 4 aliphatic carbocycles. The van der Waals surface area contributed by atoms with E-state index in [1.807, 2.05) is 19.9 Å². The molecule has 0 spiro atoms. The Labute approximate surface area is 268 Å². The van der Waals surface area contributed by atoms with Crippen LogP contribution in [-0.4, -0.2) is 102 Å². The van der Waals surface area contributed by atoms with Gasteiger partial charge in [0.2, 0.25) is 0 Å². The van der Waals surface area contributed by atoms with Crippen molar-refractivity contribution < 1.29 is 50.3 Å². The van der Waals surface area contributed by atoms with E-state index >= 15 is 0 Å². The normalized spacial score (nSPS) is 52.2. The maximum atomic E-state index is 12.5. The largest absolute Gasteiger partial charge is 0.394 e. The number of rotatable bonds is 7. The molecular weight excluding hydrogens is 580 g/mol. The number of fused-ring (bicyclic) bond motifs is 5. The highest BCUT2D eigenvalue weighted by Crippen LogP contribution is 2.75. The molecule has 260 valence electrons. The zero-order chi connectivity index (χ0) is 33.5. The lowest BCUT2D eigenvalue weighted by molar-refractivity contribution is -0.381. The van der Waals surface area contributed by atoms with Crippen LogP contribution in [0.25, 0.3) is 0 Å². The quantitative estimate of drug-likeness (QED) is 0.152. The van der Waals surface area contributed by atoms with Crippen molar-refractivity contribution in [2.75, 3.05) is 6.61 Å². The third kappa shape index (κ3) is 5.38. The molecule has 16 atom stereocenters. The van der Waals surface area contributed by atoms with Crippen molar-refractivity contribution in [3.8, 4) is 0 Å². The minimum atomic E-state index is -1.87. The summed E-state index contributed by atoms with van der Waals surface area (Å²) in [7, 11) is 0. The SMILES string of the molecule is CC(C)=CCC[C@@](O)(O[C@@H]1O[C@H](CO)[C@@H](O)[C@H](O)[C@H]1O)[C@H]1CC[C@]2(C)[C@@H]1[C@H](O)C[C@@H]1[C@@]3(C)CC[C@H](O)C(C)(C)[C@@H]3C(O)C[C@]12C. The Morgan fingerprint density at radius 1 is 0.889 bits per heavy atom. The molecule has 8 N–H and O–H groups in total. The molecule has 4 saturated carbocycles. The fourth-order valence-corrected chi connectivity index (χ4v) is 11.7. The maximum Gasteiger partial charge on any atom is 0.189 e. The zero-order valence-electron chi connectivity index (χ0n) is 28.3. The third-order valence-electron chi connectivity index (χ3n) is 14.1. The lowest BCUT2D eigenvalue weighted by Gasteiger charge is -2.71. The summed E-state index contributed by atoms with van der Waals surface area (Å²) in [5.41, 5.74) is -0.556. The van der Waals surface area contributed by atoms with Crippen LogP contribution in [0.2, 0.25) is 0 Å². The van der Waals surface area contributed by atoms with Crippen LogP contribution in [0, 0.1) is 45.3 Å². The molecule has 1 heterocycles. The van der Waals surface area contributed by atoms with Crippen LogP contribution in [0.15, 0.2) is 11.6 Å². The summed E-state index contributed by atoms with van der Waals surface area (Å²) >= 11 is 0. The second-order valence-corrected chi connectivity index (χ2v) is 17.0. The molecule has 45 heavy (non-hydrogen) atoms. The molecule has 0 bridgehead atoms. The summed E-state index contributed by atoms with van der Waals surface area (Å²) in [4.78, 5) is 0. The van der Waals surface area contributed by atoms with Gasteiger partial charge in [-0.2, -0.15) is 0 Å². The Hall–Kier alpha value is -0.660. The van der Waals surface area contributed by atoms with Crippen LogP contribution >= 0.6 is 0 Å². The van der Waals surface area contributed by atoms with Crippen LogP contribution in [0.1, 0.15) is 99.8 Å². The first kappa shape index (κ1) is 35.6. The molecule has 5 rings (SSSR count). The van der Waals surface area contributed by atoms with E-state index < -0.39 is 84.1 Å². The Bertz CT molecular complexity index is 1110. The molecule has 0 aromatic carbocycles. The highest BCUT2D eigenvalue weighted by molar-refractivity contribution is 5.21. The smallest absolute Gasteiger partial charge is 0.189 e. The fourth-order valence-electron chi connectivity index (χ4n) is 11.7. The number of aliphatic hydroxyl groups excluding tert-OH is 7. The molecule has 0 aromatic heterocycles. The molecule has 5 aliphatic rings. The Balaban J connectivity index is 1.51. The minimum Gasteiger partial charge on any atom is -0.394 e. The summed E-state index contributed by atoms with van der Waals surface area (Å²) in [6.07, 6.45) is -3.19. The number of aliphatic hydroxyl groups is 8. The van der Waals surface area contributed by atoms with E-state index in [2.05, 4.69) is 34.6 Å². The van der Waals surface area contributed by atoms with Crippen molar-refractivity contribution in [2.45, 2.75) is 155 Å². The minimum absolute atomic E-state index is 0.0882. The molecule has 10 nitrogen and oxygen atoms in total. The maximum absolute atomic E-state index is 12.5. The van der Waals surface area contributed by atoms with Gasteiger partial charge in [-0.1, -0.05) is 46.3 Å². The molecule has 0 aromatic rings. The Kier molecular flexibility index (Phi) is 9.53. The summed E-state index contributed by atoms with van der Waals surface area (Å²) in [6.45, 7) is 14.1. The first-order valence-electron chi connectivity index (χ1n) is 17.2. The van der Waals surface area contributed by atoms with Crippen molar-refractivity contribution in [1.82, 2.24) is 0 Å². The monoisotopic (exact) mass is 640 g/mol. The van der Waals surface area contributed by atoms with E-state index in [1.54, 1.807) is 0 Å². The van der Waals surface area contributed by atoms with Gasteiger partial charge >= 0.3 is 0 Å². The molecule has 0 radical (unpaired) electrons. The van der Waals surface area contributed by atoms with Crippen molar-refractivity contribution in [3.05, 3.63) is 11.6 Å². The van der Waals surface area contributed by atoms with Gasteiger partial charge in [0.05, 0.1) is 24.9 Å². The third-order valence-corrected chi connectivity index (χ3v) is 14.1. The van der Waals surface area contributed by atoms with E-state index in [4.69, 9.17) is 9.47 Å². The number of hydrogen-bond acceptors (Lipinski definition) is 10. The van der Waals surface area contributed by atoms with Gasteiger partial charge in [-0.3, -0.25) is 0 Å². The van der Waals surface area contributed by atoms with Gasteiger partial charge in [0.25, 0.3) is 0 Å². The van der Waals surface area contributed by atoms with E-state index in [0.717, 1.165) is 12.0 Å². The highest BCUT2D eigenvalue weighted by Gasteiger charge is 2.73. The summed E-state index contributed by atoms with van der Waals surface area (Å²) in [5.74, 6) is -2.85. The lowest BCUT2D eigenvalue weighted by atomic mass is 9.34. The molecule has 1 unspecified atom stereocenters. The van der Waals surface area contributed by atoms with E-state index in [0.29, 0.717) is 38.5 Å². The van der Waals surface area contributed by atoms with Crippen molar-refractivity contribution in [1.29, 1.82) is 0 Å². The average molecular weight is 641 g/mol. The molecule has 10 heteroatoms. The van der Waals surface area contributed by atoms with Crippen molar-refractivity contribution in [3.63, 3.8) is 0 Å². The first-order chi connectivity index (χ1) is 20.8. The second kappa shape index (κ2) is 12.0. The van der Waals surface area contributed by atoms with Gasteiger partial charge in [0, 0.05) is 12.3 Å². The number of allylic oxidation sites excluding steroid dienone is 2. The van der Waals surface area contributed by atoms with Crippen LogP contribution in [0.5, 0.6) is 0 Å². The highest BCUT2D eigenvalue weighted by atomic mass is 16.8. The van der Waals surface area contributed by atoms with Gasteiger partial charge in [0.1, 0.15) is 24.4 Å². The molecule has 1 aliphatic heterocycles. The van der Waals surface area contributed by atoms with Crippen molar-refractivity contribution in [2.24, 2.45) is 45.3 Å². The lowest BCUT2D eigenvalue weighted by Crippen LogP contribution is -2.70. The van der Waals surface area contributed by atoms with E-state index in [1.165, 1.54) is 0 Å². The van der Waals surface area contributed by atoms with Crippen LogP contribution < -0.4 is 0 Å². The predicted octanol–water partition coefficient (Wildman–Crippen LogP) is 2.23.